The van der Waals surface area contributed by atoms with Crippen LogP contribution in [0.2, 0.25) is 0 Å². The summed E-state index contributed by atoms with van der Waals surface area (Å²) in [6, 6.07) is 0. The average molecular weight is 254 g/mol. The molecule has 1 aliphatic heterocycles. The fraction of sp³-hybridized carbons (Fsp3) is 0.769. The Labute approximate surface area is 110 Å². The molecule has 0 aromatic heterocycles. The van der Waals surface area contributed by atoms with E-state index in [1.54, 1.807) is 0 Å². The molecule has 0 amide bonds. The third-order valence-electron chi connectivity index (χ3n) is 3.42. The summed E-state index contributed by atoms with van der Waals surface area (Å²) >= 11 is 1.40. The maximum atomic E-state index is 9.07. The van der Waals surface area contributed by atoms with E-state index in [9.17, 15) is 0 Å². The summed E-state index contributed by atoms with van der Waals surface area (Å²) in [6.07, 6.45) is 10.7. The molecule has 2 atom stereocenters. The Morgan fingerprint density at radius 3 is 2.65 bits per heavy atom. The van der Waals surface area contributed by atoms with E-state index >= 15 is 0 Å². The van der Waals surface area contributed by atoms with E-state index in [1.165, 1.54) is 44.1 Å². The predicted molar refractivity (Wildman–Crippen MR) is 73.5 cm³/mol. The van der Waals surface area contributed by atoms with Crippen molar-refractivity contribution in [1.82, 2.24) is 4.90 Å². The van der Waals surface area contributed by atoms with Crippen molar-refractivity contribution < 1.29 is 3.89 Å². The van der Waals surface area contributed by atoms with Gasteiger partial charge < -0.3 is 4.90 Å². The monoisotopic (exact) mass is 254 g/mol. The minimum Gasteiger partial charge on any atom is -0.326 e. The molecule has 0 saturated carbocycles. The van der Waals surface area contributed by atoms with E-state index in [0.717, 1.165) is 10.4 Å². The highest BCUT2D eigenvalue weighted by Gasteiger charge is 2.42. The van der Waals surface area contributed by atoms with Crippen molar-refractivity contribution in [2.24, 2.45) is 0 Å². The van der Waals surface area contributed by atoms with E-state index in [1.807, 2.05) is 0 Å². The first-order chi connectivity index (χ1) is 8.20. The van der Waals surface area contributed by atoms with Gasteiger partial charge in [0, 0.05) is 13.5 Å². The van der Waals surface area contributed by atoms with Gasteiger partial charge in [-0.15, -0.1) is 0 Å². The van der Waals surface area contributed by atoms with Crippen molar-refractivity contribution in [3.05, 3.63) is 12.4 Å². The largest absolute Gasteiger partial charge is 0.326 e. The first kappa shape index (κ1) is 14.4. The number of nitriles is 1. The van der Waals surface area contributed by atoms with Crippen molar-refractivity contribution in [3.63, 3.8) is 0 Å². The molecule has 2 unspecified atom stereocenters. The zero-order valence-electron chi connectivity index (χ0n) is 11.2. The van der Waals surface area contributed by atoms with Crippen molar-refractivity contribution in [2.45, 2.75) is 52.1 Å². The summed E-state index contributed by atoms with van der Waals surface area (Å²) in [6.45, 7) is 5.49. The first-order valence-electron chi connectivity index (χ1n) is 6.56. The second-order valence-electron chi connectivity index (χ2n) is 4.70. The Hall–Kier alpha value is -0.660. The molecule has 0 radical (unpaired) electrons. The van der Waals surface area contributed by atoms with Gasteiger partial charge in [-0.05, 0) is 12.8 Å². The highest BCUT2D eigenvalue weighted by Crippen LogP contribution is 2.36. The molecule has 0 aliphatic carbocycles. The highest BCUT2D eigenvalue weighted by molar-refractivity contribution is 7.98. The maximum absolute atomic E-state index is 9.07. The van der Waals surface area contributed by atoms with Crippen LogP contribution >= 0.6 is 11.9 Å². The van der Waals surface area contributed by atoms with Gasteiger partial charge in [0.1, 0.15) is 6.20 Å². The van der Waals surface area contributed by atoms with Crippen molar-refractivity contribution >= 4 is 11.9 Å². The molecule has 96 valence electrons. The van der Waals surface area contributed by atoms with Crippen molar-refractivity contribution in [3.8, 4) is 5.40 Å². The molecule has 4 heteroatoms. The number of rotatable bonds is 7. The summed E-state index contributed by atoms with van der Waals surface area (Å²) in [5, 5.41) is 11.4. The van der Waals surface area contributed by atoms with Crippen LogP contribution in [0.25, 0.3) is 0 Å². The van der Waals surface area contributed by atoms with Gasteiger partial charge >= 0.3 is 0 Å². The van der Waals surface area contributed by atoms with E-state index in [2.05, 4.69) is 43.6 Å². The van der Waals surface area contributed by atoms with Crippen LogP contribution in [-0.2, 0) is 0 Å². The molecule has 1 aliphatic rings. The summed E-state index contributed by atoms with van der Waals surface area (Å²) in [7, 11) is 2.13. The fourth-order valence-corrected chi connectivity index (χ4v) is 3.24. The first-order valence-corrected chi connectivity index (χ1v) is 7.34. The SMILES string of the molecule is CCCCC1N(C)C=C[N+]1(CCCC)SC#N. The lowest BCUT2D eigenvalue weighted by Gasteiger charge is -2.35. The molecule has 1 heterocycles. The van der Waals surface area contributed by atoms with Gasteiger partial charge in [0.2, 0.25) is 11.9 Å². The molecule has 0 fully saturated rings. The molecule has 0 saturated heterocycles. The van der Waals surface area contributed by atoms with Gasteiger partial charge in [0.05, 0.1) is 12.7 Å². The van der Waals surface area contributed by atoms with E-state index in [-0.39, 0.29) is 0 Å². The molecule has 3 nitrogen and oxygen atoms in total. The van der Waals surface area contributed by atoms with Crippen LogP contribution in [0.5, 0.6) is 0 Å². The standard InChI is InChI=1S/C13H24N3S/c1-4-6-8-13-15(3)9-11-16(13,17-12-14)10-7-5-2/h9,11,13H,4-8,10H2,1-3H3/q+1. The van der Waals surface area contributed by atoms with Crippen molar-refractivity contribution in [2.75, 3.05) is 13.6 Å². The average Bonchev–Trinajstić information content (AvgIpc) is 2.63. The van der Waals surface area contributed by atoms with Crippen LogP contribution in [-0.4, -0.2) is 28.5 Å². The Bertz CT molecular complexity index is 298. The smallest absolute Gasteiger partial charge is 0.202 e. The summed E-state index contributed by atoms with van der Waals surface area (Å²) in [5.74, 6) is 0. The predicted octanol–water partition coefficient (Wildman–Crippen LogP) is 3.67. The number of hydrogen-bond donors (Lipinski definition) is 0. The highest BCUT2D eigenvalue weighted by atomic mass is 32.2. The van der Waals surface area contributed by atoms with Crippen LogP contribution < -0.4 is 0 Å². The second kappa shape index (κ2) is 6.93. The third kappa shape index (κ3) is 3.40. The Balaban J connectivity index is 2.77. The molecule has 0 spiro atoms. The van der Waals surface area contributed by atoms with Gasteiger partial charge in [-0.3, -0.25) is 0 Å². The van der Waals surface area contributed by atoms with Gasteiger partial charge in [0.15, 0.2) is 11.6 Å². The van der Waals surface area contributed by atoms with Gasteiger partial charge in [-0.2, -0.15) is 5.26 Å². The van der Waals surface area contributed by atoms with E-state index in [0.29, 0.717) is 6.17 Å². The normalized spacial score (nSPS) is 27.4. The second-order valence-corrected chi connectivity index (χ2v) is 5.75. The summed E-state index contributed by atoms with van der Waals surface area (Å²) in [5.41, 5.74) is 0. The topological polar surface area (TPSA) is 27.0 Å². The minimum atomic E-state index is 0.436. The molecule has 0 aromatic rings. The Kier molecular flexibility index (Phi) is 5.87. The maximum Gasteiger partial charge on any atom is 0.202 e. The lowest BCUT2D eigenvalue weighted by Crippen LogP contribution is -2.48. The number of thiocyanates is 1. The summed E-state index contributed by atoms with van der Waals surface area (Å²) < 4.78 is 0.765. The fourth-order valence-electron chi connectivity index (χ4n) is 2.38. The third-order valence-corrected chi connectivity index (χ3v) is 4.39. The number of nitrogens with zero attached hydrogens (tertiary/aromatic N) is 3. The Morgan fingerprint density at radius 2 is 2.06 bits per heavy atom. The van der Waals surface area contributed by atoms with Gasteiger partial charge in [0.25, 0.3) is 0 Å². The molecular formula is C13H24N3S+. The molecular weight excluding hydrogens is 230 g/mol. The van der Waals surface area contributed by atoms with Crippen LogP contribution in [0.4, 0.5) is 0 Å². The minimum absolute atomic E-state index is 0.436. The number of unbranched alkanes of at least 4 members (excludes halogenated alkanes) is 2. The molecule has 0 N–H and O–H groups in total. The van der Waals surface area contributed by atoms with Gasteiger partial charge in [-0.1, -0.05) is 26.7 Å². The van der Waals surface area contributed by atoms with E-state index < -0.39 is 0 Å². The number of quaternary nitrogens is 1. The lowest BCUT2D eigenvalue weighted by atomic mass is 10.2. The van der Waals surface area contributed by atoms with Gasteiger partial charge in [-0.25, -0.2) is 3.89 Å². The molecule has 0 aromatic carbocycles. The molecule has 1 rings (SSSR count). The van der Waals surface area contributed by atoms with Crippen LogP contribution in [0.3, 0.4) is 0 Å². The molecule has 0 bridgehead atoms. The lowest BCUT2D eigenvalue weighted by molar-refractivity contribution is -0.774. The number of hydrogen-bond acceptors (Lipinski definition) is 3. The van der Waals surface area contributed by atoms with Crippen molar-refractivity contribution in [1.29, 1.82) is 5.26 Å². The molecule has 17 heavy (non-hydrogen) atoms. The quantitative estimate of drug-likeness (QED) is 0.394. The zero-order valence-corrected chi connectivity index (χ0v) is 12.0. The Morgan fingerprint density at radius 1 is 1.35 bits per heavy atom. The summed E-state index contributed by atoms with van der Waals surface area (Å²) in [4.78, 5) is 2.27. The zero-order chi connectivity index (χ0) is 12.7. The van der Waals surface area contributed by atoms with Crippen LogP contribution in [0.1, 0.15) is 46.0 Å². The van der Waals surface area contributed by atoms with E-state index in [4.69, 9.17) is 5.26 Å². The van der Waals surface area contributed by atoms with Crippen LogP contribution in [0, 0.1) is 10.7 Å². The van der Waals surface area contributed by atoms with Crippen LogP contribution in [0.15, 0.2) is 12.4 Å².